The Morgan fingerprint density at radius 2 is 1.63 bits per heavy atom. The Kier molecular flexibility index (Phi) is 8.48. The number of hydrogen-bond acceptors (Lipinski definition) is 4. The van der Waals surface area contributed by atoms with Crippen LogP contribution in [0.3, 0.4) is 0 Å². The molecule has 1 N–H and O–H groups in total. The molecule has 2 aromatic carbocycles. The van der Waals surface area contributed by atoms with Gasteiger partial charge in [0.05, 0.1) is 16.8 Å². The van der Waals surface area contributed by atoms with Gasteiger partial charge < -0.3 is 0 Å². The molecule has 0 heterocycles. The molecule has 146 valence electrons. The summed E-state index contributed by atoms with van der Waals surface area (Å²) in [6, 6.07) is 17.8. The topological polar surface area (TPSA) is 72.5 Å². The summed E-state index contributed by atoms with van der Waals surface area (Å²) in [4.78, 5) is 17.7. The molecular weight excluding hydrogens is 362 g/mol. The Balaban J connectivity index is 1.97. The first kappa shape index (κ1) is 21.1. The van der Waals surface area contributed by atoms with E-state index < -0.39 is 21.0 Å². The van der Waals surface area contributed by atoms with Gasteiger partial charge in [-0.2, -0.15) is 0 Å². The SMILES string of the molecule is CCCCCC(CC(=O)NOCc1ccccc1)S(=O)(=O)c1ccccc1. The Morgan fingerprint density at radius 1 is 1.00 bits per heavy atom. The van der Waals surface area contributed by atoms with E-state index in [-0.39, 0.29) is 17.9 Å². The monoisotopic (exact) mass is 389 g/mol. The highest BCUT2D eigenvalue weighted by molar-refractivity contribution is 7.92. The third-order valence-electron chi connectivity index (χ3n) is 4.32. The lowest BCUT2D eigenvalue weighted by Crippen LogP contribution is -2.31. The van der Waals surface area contributed by atoms with Gasteiger partial charge in [-0.25, -0.2) is 13.9 Å². The molecule has 0 saturated carbocycles. The fraction of sp³-hybridized carbons (Fsp3) is 0.381. The average Bonchev–Trinajstić information content (AvgIpc) is 2.69. The smallest absolute Gasteiger partial charge is 0.244 e. The summed E-state index contributed by atoms with van der Waals surface area (Å²) in [6.07, 6.45) is 3.04. The second-order valence-corrected chi connectivity index (χ2v) is 8.71. The van der Waals surface area contributed by atoms with Gasteiger partial charge in [-0.05, 0) is 24.1 Å². The van der Waals surface area contributed by atoms with Crippen molar-refractivity contribution in [3.63, 3.8) is 0 Å². The number of hydroxylamine groups is 1. The molecule has 1 atom stereocenters. The number of amides is 1. The third-order valence-corrected chi connectivity index (χ3v) is 6.53. The summed E-state index contributed by atoms with van der Waals surface area (Å²) in [5, 5.41) is -0.758. The van der Waals surface area contributed by atoms with Crippen LogP contribution in [0.4, 0.5) is 0 Å². The minimum atomic E-state index is -3.57. The summed E-state index contributed by atoms with van der Waals surface area (Å²) in [7, 11) is -3.57. The van der Waals surface area contributed by atoms with Crippen molar-refractivity contribution < 1.29 is 18.0 Å². The van der Waals surface area contributed by atoms with Crippen LogP contribution in [0.5, 0.6) is 0 Å². The molecule has 0 bridgehead atoms. The summed E-state index contributed by atoms with van der Waals surface area (Å²) >= 11 is 0. The van der Waals surface area contributed by atoms with Gasteiger partial charge in [0.25, 0.3) is 0 Å². The van der Waals surface area contributed by atoms with Crippen molar-refractivity contribution in [3.05, 3.63) is 66.2 Å². The van der Waals surface area contributed by atoms with Crippen molar-refractivity contribution in [2.45, 2.75) is 55.8 Å². The van der Waals surface area contributed by atoms with Crippen molar-refractivity contribution in [1.82, 2.24) is 5.48 Å². The summed E-state index contributed by atoms with van der Waals surface area (Å²) < 4.78 is 25.9. The minimum Gasteiger partial charge on any atom is -0.273 e. The minimum absolute atomic E-state index is 0.115. The zero-order chi connectivity index (χ0) is 19.5. The van der Waals surface area contributed by atoms with Crippen molar-refractivity contribution >= 4 is 15.7 Å². The van der Waals surface area contributed by atoms with Crippen LogP contribution in [0.25, 0.3) is 0 Å². The number of unbranched alkanes of at least 4 members (excludes halogenated alkanes) is 2. The largest absolute Gasteiger partial charge is 0.273 e. The standard InChI is InChI=1S/C21H27NO4S/c1-2-3-6-15-20(27(24,25)19-13-9-5-10-14-19)16-21(23)22-26-17-18-11-7-4-8-12-18/h4-5,7-14,20H,2-3,6,15-17H2,1H3,(H,22,23). The Hall–Kier alpha value is -2.18. The van der Waals surface area contributed by atoms with Crippen molar-refractivity contribution in [3.8, 4) is 0 Å². The maximum Gasteiger partial charge on any atom is 0.244 e. The van der Waals surface area contributed by atoms with Crippen LogP contribution in [0.1, 0.15) is 44.6 Å². The maximum absolute atomic E-state index is 12.9. The molecule has 0 saturated heterocycles. The Labute approximate surface area is 161 Å². The summed E-state index contributed by atoms with van der Waals surface area (Å²) in [5.41, 5.74) is 3.30. The third kappa shape index (κ3) is 6.81. The first-order valence-electron chi connectivity index (χ1n) is 9.27. The molecule has 0 fully saturated rings. The average molecular weight is 390 g/mol. The van der Waals surface area contributed by atoms with Crippen LogP contribution >= 0.6 is 0 Å². The molecule has 0 aliphatic rings. The van der Waals surface area contributed by atoms with Crippen LogP contribution in [0.2, 0.25) is 0 Å². The maximum atomic E-state index is 12.9. The normalized spacial score (nSPS) is 12.5. The van der Waals surface area contributed by atoms with E-state index in [0.29, 0.717) is 6.42 Å². The molecular formula is C21H27NO4S. The molecule has 27 heavy (non-hydrogen) atoms. The molecule has 0 aliphatic heterocycles. The Bertz CT molecular complexity index is 791. The number of hydrogen-bond donors (Lipinski definition) is 1. The van der Waals surface area contributed by atoms with Gasteiger partial charge in [0.15, 0.2) is 9.84 Å². The van der Waals surface area contributed by atoms with Gasteiger partial charge in [-0.15, -0.1) is 0 Å². The first-order valence-corrected chi connectivity index (χ1v) is 10.8. The van der Waals surface area contributed by atoms with E-state index in [0.717, 1.165) is 24.8 Å². The van der Waals surface area contributed by atoms with E-state index in [9.17, 15) is 13.2 Å². The van der Waals surface area contributed by atoms with Crippen molar-refractivity contribution in [1.29, 1.82) is 0 Å². The number of rotatable bonds is 11. The van der Waals surface area contributed by atoms with Crippen molar-refractivity contribution in [2.75, 3.05) is 0 Å². The number of carbonyl (C=O) groups is 1. The zero-order valence-electron chi connectivity index (χ0n) is 15.6. The molecule has 2 aromatic rings. The van der Waals surface area contributed by atoms with E-state index in [2.05, 4.69) is 12.4 Å². The zero-order valence-corrected chi connectivity index (χ0v) is 16.5. The molecule has 1 amide bonds. The second kappa shape index (κ2) is 10.8. The molecule has 1 unspecified atom stereocenters. The van der Waals surface area contributed by atoms with E-state index in [1.807, 2.05) is 30.3 Å². The van der Waals surface area contributed by atoms with Crippen molar-refractivity contribution in [2.24, 2.45) is 0 Å². The molecule has 0 aliphatic carbocycles. The summed E-state index contributed by atoms with van der Waals surface area (Å²) in [6.45, 7) is 2.29. The lowest BCUT2D eigenvalue weighted by Gasteiger charge is -2.17. The Morgan fingerprint density at radius 3 is 2.26 bits per heavy atom. The van der Waals surface area contributed by atoms with Crippen LogP contribution in [-0.2, 0) is 26.1 Å². The number of benzene rings is 2. The number of nitrogens with one attached hydrogen (secondary N) is 1. The highest BCUT2D eigenvalue weighted by atomic mass is 32.2. The van der Waals surface area contributed by atoms with E-state index in [1.54, 1.807) is 30.3 Å². The molecule has 0 radical (unpaired) electrons. The van der Waals surface area contributed by atoms with Gasteiger partial charge >= 0.3 is 0 Å². The quantitative estimate of drug-likeness (QED) is 0.465. The molecule has 0 aromatic heterocycles. The fourth-order valence-electron chi connectivity index (χ4n) is 2.81. The van der Waals surface area contributed by atoms with Crippen LogP contribution < -0.4 is 5.48 Å². The lowest BCUT2D eigenvalue weighted by molar-refractivity contribution is -0.134. The number of carbonyl (C=O) groups excluding carboxylic acids is 1. The predicted octanol–water partition coefficient (Wildman–Crippen LogP) is 4.05. The molecule has 5 nitrogen and oxygen atoms in total. The summed E-state index contributed by atoms with van der Waals surface area (Å²) in [5.74, 6) is -0.424. The number of sulfone groups is 1. The predicted molar refractivity (Wildman–Crippen MR) is 106 cm³/mol. The van der Waals surface area contributed by atoms with Gasteiger partial charge in [0.1, 0.15) is 0 Å². The lowest BCUT2D eigenvalue weighted by atomic mass is 10.1. The highest BCUT2D eigenvalue weighted by Gasteiger charge is 2.29. The molecule has 0 spiro atoms. The first-order chi connectivity index (χ1) is 13.0. The van der Waals surface area contributed by atoms with Crippen LogP contribution in [-0.4, -0.2) is 19.6 Å². The van der Waals surface area contributed by atoms with E-state index in [1.165, 1.54) is 0 Å². The highest BCUT2D eigenvalue weighted by Crippen LogP contribution is 2.23. The van der Waals surface area contributed by atoms with Gasteiger partial charge in [0, 0.05) is 6.42 Å². The van der Waals surface area contributed by atoms with Crippen LogP contribution in [0.15, 0.2) is 65.6 Å². The van der Waals surface area contributed by atoms with Gasteiger partial charge in [-0.3, -0.25) is 9.63 Å². The van der Waals surface area contributed by atoms with Gasteiger partial charge in [-0.1, -0.05) is 74.7 Å². The molecule has 2 rings (SSSR count). The molecule has 6 heteroatoms. The van der Waals surface area contributed by atoms with Crippen LogP contribution in [0, 0.1) is 0 Å². The van der Waals surface area contributed by atoms with E-state index in [4.69, 9.17) is 4.84 Å². The van der Waals surface area contributed by atoms with E-state index >= 15 is 0 Å². The second-order valence-electron chi connectivity index (χ2n) is 6.48. The fourth-order valence-corrected chi connectivity index (χ4v) is 4.58. The van der Waals surface area contributed by atoms with Gasteiger partial charge in [0.2, 0.25) is 5.91 Å².